The minimum atomic E-state index is -0.263. The molecule has 0 saturated carbocycles. The third-order valence-electron chi connectivity index (χ3n) is 4.80. The lowest BCUT2D eigenvalue weighted by Gasteiger charge is -2.41. The number of hydrogen-bond acceptors (Lipinski definition) is 6. The van der Waals surface area contributed by atoms with E-state index in [1.54, 1.807) is 12.1 Å². The van der Waals surface area contributed by atoms with E-state index in [1.807, 2.05) is 6.07 Å². The van der Waals surface area contributed by atoms with E-state index < -0.39 is 0 Å². The van der Waals surface area contributed by atoms with Crippen molar-refractivity contribution in [2.75, 3.05) is 32.9 Å². The second-order valence-electron chi connectivity index (χ2n) is 6.41. The first-order chi connectivity index (χ1) is 11.7. The van der Waals surface area contributed by atoms with E-state index in [4.69, 9.17) is 9.47 Å². The molecule has 0 unspecified atom stereocenters. The van der Waals surface area contributed by atoms with E-state index in [2.05, 4.69) is 22.0 Å². The molecule has 3 heterocycles. The van der Waals surface area contributed by atoms with Gasteiger partial charge in [-0.1, -0.05) is 23.5 Å². The van der Waals surface area contributed by atoms with Gasteiger partial charge in [0, 0.05) is 31.7 Å². The zero-order valence-electron chi connectivity index (χ0n) is 13.6. The molecular weight excluding hydrogens is 329 g/mol. The van der Waals surface area contributed by atoms with Gasteiger partial charge in [-0.15, -0.1) is 10.2 Å². The summed E-state index contributed by atoms with van der Waals surface area (Å²) in [5.74, 6) is -0.263. The normalized spacial score (nSPS) is 26.1. The van der Waals surface area contributed by atoms with Crippen molar-refractivity contribution in [1.29, 1.82) is 0 Å². The zero-order valence-corrected chi connectivity index (χ0v) is 14.4. The van der Waals surface area contributed by atoms with Crippen molar-refractivity contribution in [2.45, 2.75) is 25.0 Å². The fraction of sp³-hybridized carbons (Fsp3) is 0.529. The van der Waals surface area contributed by atoms with E-state index in [1.165, 1.54) is 17.4 Å². The van der Waals surface area contributed by atoms with Gasteiger partial charge in [-0.25, -0.2) is 4.39 Å². The van der Waals surface area contributed by atoms with Gasteiger partial charge in [0.1, 0.15) is 16.4 Å². The number of nitrogens with zero attached hydrogens (tertiary/aromatic N) is 3. The highest BCUT2D eigenvalue weighted by molar-refractivity contribution is 7.14. The van der Waals surface area contributed by atoms with Gasteiger partial charge >= 0.3 is 0 Å². The zero-order chi connectivity index (χ0) is 16.6. The predicted molar refractivity (Wildman–Crippen MR) is 89.4 cm³/mol. The lowest BCUT2D eigenvalue weighted by molar-refractivity contribution is -0.117. The Bertz CT molecular complexity index is 717. The summed E-state index contributed by atoms with van der Waals surface area (Å²) in [5, 5.41) is 10.0. The van der Waals surface area contributed by atoms with Crippen LogP contribution in [0.2, 0.25) is 0 Å². The highest BCUT2D eigenvalue weighted by Gasteiger charge is 2.42. The van der Waals surface area contributed by atoms with Crippen LogP contribution in [-0.4, -0.2) is 53.6 Å². The minimum absolute atomic E-state index is 0.129. The third-order valence-corrected chi connectivity index (χ3v) is 5.92. The van der Waals surface area contributed by atoms with Gasteiger partial charge in [-0.3, -0.25) is 4.90 Å². The van der Waals surface area contributed by atoms with E-state index in [-0.39, 0.29) is 17.5 Å². The fourth-order valence-corrected chi connectivity index (χ4v) is 4.29. The van der Waals surface area contributed by atoms with Crippen molar-refractivity contribution in [2.24, 2.45) is 0 Å². The molecule has 2 saturated heterocycles. The molecule has 0 N–H and O–H groups in total. The molecule has 128 valence electrons. The Morgan fingerprint density at radius 2 is 2.17 bits per heavy atom. The summed E-state index contributed by atoms with van der Waals surface area (Å²) in [6, 6.07) is 6.81. The molecule has 0 aliphatic carbocycles. The van der Waals surface area contributed by atoms with Crippen LogP contribution in [0.4, 0.5) is 4.39 Å². The van der Waals surface area contributed by atoms with Crippen LogP contribution in [0.3, 0.4) is 0 Å². The van der Waals surface area contributed by atoms with E-state index in [0.717, 1.165) is 31.1 Å². The summed E-state index contributed by atoms with van der Waals surface area (Å²) >= 11 is 1.46. The first kappa shape index (κ1) is 16.1. The average molecular weight is 349 g/mol. The van der Waals surface area contributed by atoms with Crippen LogP contribution in [0, 0.1) is 5.82 Å². The molecule has 2 aromatic rings. The number of halogens is 1. The maximum atomic E-state index is 13.9. The van der Waals surface area contributed by atoms with Crippen molar-refractivity contribution >= 4 is 11.3 Å². The number of ether oxygens (including phenoxy) is 2. The number of rotatable bonds is 3. The molecule has 7 heteroatoms. The summed E-state index contributed by atoms with van der Waals surface area (Å²) in [5.41, 5.74) is 0.335. The number of hydrogen-bond donors (Lipinski definition) is 0. The molecule has 2 aliphatic heterocycles. The lowest BCUT2D eigenvalue weighted by Crippen LogP contribution is -2.52. The molecule has 1 aromatic heterocycles. The second-order valence-corrected chi connectivity index (χ2v) is 7.41. The van der Waals surface area contributed by atoms with Crippen molar-refractivity contribution in [3.05, 3.63) is 35.1 Å². The fourth-order valence-electron chi connectivity index (χ4n) is 3.33. The largest absolute Gasteiger partial charge is 0.378 e. The molecule has 0 amide bonds. The van der Waals surface area contributed by atoms with Gasteiger partial charge in [0.25, 0.3) is 0 Å². The quantitative estimate of drug-likeness (QED) is 0.853. The number of aromatic nitrogens is 2. The Balaban J connectivity index is 1.53. The number of morpholine rings is 1. The van der Waals surface area contributed by atoms with Crippen LogP contribution >= 0.6 is 11.3 Å². The summed E-state index contributed by atoms with van der Waals surface area (Å²) in [4.78, 5) is 2.36. The lowest BCUT2D eigenvalue weighted by atomic mass is 10.00. The van der Waals surface area contributed by atoms with Crippen molar-refractivity contribution in [3.63, 3.8) is 0 Å². The van der Waals surface area contributed by atoms with Gasteiger partial charge in [-0.2, -0.15) is 0 Å². The Kier molecular flexibility index (Phi) is 4.34. The topological polar surface area (TPSA) is 47.5 Å². The monoisotopic (exact) mass is 349 g/mol. The van der Waals surface area contributed by atoms with E-state index in [0.29, 0.717) is 23.8 Å². The number of benzene rings is 1. The maximum Gasteiger partial charge on any atom is 0.150 e. The maximum absolute atomic E-state index is 13.9. The predicted octanol–water partition coefficient (Wildman–Crippen LogP) is 2.90. The molecular formula is C17H20FN3O2S. The minimum Gasteiger partial charge on any atom is -0.378 e. The van der Waals surface area contributed by atoms with Gasteiger partial charge in [0.05, 0.1) is 19.3 Å². The molecule has 1 spiro atoms. The molecule has 24 heavy (non-hydrogen) atoms. The molecule has 5 nitrogen and oxygen atoms in total. The van der Waals surface area contributed by atoms with Gasteiger partial charge in [0.15, 0.2) is 5.01 Å². The molecule has 0 bridgehead atoms. The smallest absolute Gasteiger partial charge is 0.150 e. The van der Waals surface area contributed by atoms with Gasteiger partial charge in [-0.05, 0) is 19.1 Å². The Hall–Kier alpha value is -1.41. The van der Waals surface area contributed by atoms with E-state index in [9.17, 15) is 4.39 Å². The molecule has 2 fully saturated rings. The van der Waals surface area contributed by atoms with Crippen LogP contribution in [0.5, 0.6) is 0 Å². The average Bonchev–Trinajstić information content (AvgIpc) is 3.25. The highest BCUT2D eigenvalue weighted by Crippen LogP contribution is 2.34. The molecule has 4 rings (SSSR count). The first-order valence-corrected chi connectivity index (χ1v) is 9.03. The SMILES string of the molecule is C[C@@H](c1nnc(-c2ccccc2F)s1)N1CCO[C@@]2(CCOC2)C1. The Morgan fingerprint density at radius 3 is 2.96 bits per heavy atom. The first-order valence-electron chi connectivity index (χ1n) is 8.21. The Morgan fingerprint density at radius 1 is 1.29 bits per heavy atom. The summed E-state index contributed by atoms with van der Waals surface area (Å²) in [6.07, 6.45) is 0.937. The highest BCUT2D eigenvalue weighted by atomic mass is 32.1. The Labute approximate surface area is 144 Å². The second kappa shape index (κ2) is 6.48. The van der Waals surface area contributed by atoms with Crippen molar-refractivity contribution in [1.82, 2.24) is 15.1 Å². The summed E-state index contributed by atoms with van der Waals surface area (Å²) in [7, 11) is 0. The molecule has 2 aliphatic rings. The van der Waals surface area contributed by atoms with Gasteiger partial charge < -0.3 is 9.47 Å². The van der Waals surface area contributed by atoms with Crippen LogP contribution in [-0.2, 0) is 9.47 Å². The van der Waals surface area contributed by atoms with Gasteiger partial charge in [0.2, 0.25) is 0 Å². The molecule has 0 radical (unpaired) electrons. The van der Waals surface area contributed by atoms with E-state index >= 15 is 0 Å². The van der Waals surface area contributed by atoms with Crippen LogP contribution in [0.1, 0.15) is 24.4 Å². The van der Waals surface area contributed by atoms with Crippen LogP contribution in [0.25, 0.3) is 10.6 Å². The van der Waals surface area contributed by atoms with Crippen molar-refractivity contribution < 1.29 is 13.9 Å². The molecule has 2 atom stereocenters. The van der Waals surface area contributed by atoms with Crippen molar-refractivity contribution in [3.8, 4) is 10.6 Å². The molecule has 1 aromatic carbocycles. The third kappa shape index (κ3) is 2.97. The van der Waals surface area contributed by atoms with Crippen LogP contribution < -0.4 is 0 Å². The summed E-state index contributed by atoms with van der Waals surface area (Å²) in [6.45, 7) is 5.94. The standard InChI is InChI=1S/C17H20FN3O2S/c1-12(21-7-9-23-17(10-21)6-8-22-11-17)15-19-20-16(24-15)13-4-2-3-5-14(13)18/h2-5,12H,6-11H2,1H3/t12-,17-/m0/s1. The summed E-state index contributed by atoms with van der Waals surface area (Å²) < 4.78 is 25.5. The van der Waals surface area contributed by atoms with Crippen LogP contribution in [0.15, 0.2) is 24.3 Å².